The molecule has 2 atom stereocenters. The Bertz CT molecular complexity index is 174. The Kier molecular flexibility index (Phi) is 8.33. The molecule has 0 aliphatic carbocycles. The summed E-state index contributed by atoms with van der Waals surface area (Å²) in [6.45, 7) is 4.73. The van der Waals surface area contributed by atoms with Gasteiger partial charge in [-0.05, 0) is 12.8 Å². The summed E-state index contributed by atoms with van der Waals surface area (Å²) in [7, 11) is 0. The Morgan fingerprint density at radius 2 is 1.93 bits per heavy atom. The lowest BCUT2D eigenvalue weighted by atomic mass is 10.0. The van der Waals surface area contributed by atoms with Gasteiger partial charge in [0.25, 0.3) is 0 Å². The molecule has 0 bridgehead atoms. The van der Waals surface area contributed by atoms with E-state index in [4.69, 9.17) is 5.73 Å². The number of carbonyl (C=O) groups is 1. The third-order valence-corrected chi connectivity index (χ3v) is 2.39. The normalized spacial score (nSPS) is 14.7. The van der Waals surface area contributed by atoms with E-state index < -0.39 is 12.1 Å². The van der Waals surface area contributed by atoms with Gasteiger partial charge in [-0.3, -0.25) is 4.79 Å². The van der Waals surface area contributed by atoms with Gasteiger partial charge in [0.1, 0.15) is 6.10 Å². The van der Waals surface area contributed by atoms with Crippen LogP contribution in [0.5, 0.6) is 0 Å². The van der Waals surface area contributed by atoms with Crippen molar-refractivity contribution in [1.29, 1.82) is 0 Å². The molecule has 0 saturated carbocycles. The highest BCUT2D eigenvalue weighted by atomic mass is 16.3. The summed E-state index contributed by atoms with van der Waals surface area (Å²) >= 11 is 0. The largest absolute Gasteiger partial charge is 0.382 e. The van der Waals surface area contributed by atoms with Gasteiger partial charge in [0.15, 0.2) is 0 Å². The maximum Gasteiger partial charge on any atom is 0.250 e. The summed E-state index contributed by atoms with van der Waals surface area (Å²) in [5, 5.41) is 12.2. The SMILES string of the molecule is CCCCNC(=O)C(O)C(N)CCCC. The number of carbonyl (C=O) groups excluding carboxylic acids is 1. The molecular weight excluding hydrogens is 192 g/mol. The molecule has 15 heavy (non-hydrogen) atoms. The second-order valence-electron chi connectivity index (χ2n) is 3.90. The van der Waals surface area contributed by atoms with E-state index in [0.29, 0.717) is 13.0 Å². The van der Waals surface area contributed by atoms with Crippen LogP contribution in [-0.4, -0.2) is 29.7 Å². The molecule has 0 saturated heterocycles. The molecule has 0 spiro atoms. The minimum atomic E-state index is -1.06. The molecule has 0 fully saturated rings. The summed E-state index contributed by atoms with van der Waals surface area (Å²) in [5.74, 6) is -0.341. The first kappa shape index (κ1) is 14.4. The van der Waals surface area contributed by atoms with Gasteiger partial charge in [-0.1, -0.05) is 33.1 Å². The van der Waals surface area contributed by atoms with E-state index in [1.807, 2.05) is 0 Å². The standard InChI is InChI=1S/C11H24N2O2/c1-3-5-7-9(12)10(14)11(15)13-8-6-4-2/h9-10,14H,3-8,12H2,1-2H3,(H,13,15). The molecule has 4 heteroatoms. The number of rotatable bonds is 8. The smallest absolute Gasteiger partial charge is 0.250 e. The Balaban J connectivity index is 3.75. The van der Waals surface area contributed by atoms with Crippen LogP contribution in [0.25, 0.3) is 0 Å². The van der Waals surface area contributed by atoms with E-state index in [1.54, 1.807) is 0 Å². The number of hydrogen-bond acceptors (Lipinski definition) is 3. The van der Waals surface area contributed by atoms with E-state index in [-0.39, 0.29) is 5.91 Å². The van der Waals surface area contributed by atoms with Crippen LogP contribution in [-0.2, 0) is 4.79 Å². The maximum atomic E-state index is 11.4. The fourth-order valence-electron chi connectivity index (χ4n) is 1.29. The molecule has 0 aromatic rings. The van der Waals surface area contributed by atoms with Crippen molar-refractivity contribution in [3.63, 3.8) is 0 Å². The summed E-state index contributed by atoms with van der Waals surface area (Å²) < 4.78 is 0. The van der Waals surface area contributed by atoms with Crippen LogP contribution in [0, 0.1) is 0 Å². The van der Waals surface area contributed by atoms with Gasteiger partial charge >= 0.3 is 0 Å². The number of aliphatic hydroxyl groups is 1. The molecule has 2 unspecified atom stereocenters. The molecule has 0 aliphatic rings. The molecule has 0 aromatic heterocycles. The first-order valence-corrected chi connectivity index (χ1v) is 5.84. The predicted octanol–water partition coefficient (Wildman–Crippen LogP) is 0.781. The van der Waals surface area contributed by atoms with Gasteiger partial charge in [-0.25, -0.2) is 0 Å². The molecule has 0 aliphatic heterocycles. The molecule has 0 rings (SSSR count). The van der Waals surface area contributed by atoms with E-state index >= 15 is 0 Å². The number of hydrogen-bond donors (Lipinski definition) is 3. The van der Waals surface area contributed by atoms with Gasteiger partial charge in [0, 0.05) is 12.6 Å². The Morgan fingerprint density at radius 3 is 2.47 bits per heavy atom. The van der Waals surface area contributed by atoms with Crippen molar-refractivity contribution in [2.24, 2.45) is 5.73 Å². The van der Waals surface area contributed by atoms with Crippen molar-refractivity contribution in [3.8, 4) is 0 Å². The van der Waals surface area contributed by atoms with Crippen LogP contribution >= 0.6 is 0 Å². The Hall–Kier alpha value is -0.610. The summed E-state index contributed by atoms with van der Waals surface area (Å²) in [6, 6.07) is -0.438. The minimum Gasteiger partial charge on any atom is -0.382 e. The van der Waals surface area contributed by atoms with Crippen molar-refractivity contribution in [2.75, 3.05) is 6.54 Å². The zero-order valence-corrected chi connectivity index (χ0v) is 9.83. The first-order valence-electron chi connectivity index (χ1n) is 5.84. The van der Waals surface area contributed by atoms with Crippen LogP contribution in [0.1, 0.15) is 46.0 Å². The molecule has 4 nitrogen and oxygen atoms in total. The second kappa shape index (κ2) is 8.68. The van der Waals surface area contributed by atoms with Crippen molar-refractivity contribution in [2.45, 2.75) is 58.1 Å². The predicted molar refractivity (Wildman–Crippen MR) is 61.4 cm³/mol. The fraction of sp³-hybridized carbons (Fsp3) is 0.909. The van der Waals surface area contributed by atoms with Crippen LogP contribution < -0.4 is 11.1 Å². The van der Waals surface area contributed by atoms with Gasteiger partial charge in [0.05, 0.1) is 0 Å². The lowest BCUT2D eigenvalue weighted by Crippen LogP contribution is -2.46. The molecule has 90 valence electrons. The molecule has 0 aromatic carbocycles. The molecule has 0 radical (unpaired) electrons. The third kappa shape index (κ3) is 6.47. The van der Waals surface area contributed by atoms with E-state index in [9.17, 15) is 9.90 Å². The highest BCUT2D eigenvalue weighted by Crippen LogP contribution is 2.02. The number of nitrogens with two attached hydrogens (primary N) is 1. The summed E-state index contributed by atoms with van der Waals surface area (Å²) in [4.78, 5) is 11.4. The minimum absolute atomic E-state index is 0.341. The van der Waals surface area contributed by atoms with Gasteiger partial charge in [-0.15, -0.1) is 0 Å². The van der Waals surface area contributed by atoms with Crippen molar-refractivity contribution < 1.29 is 9.90 Å². The van der Waals surface area contributed by atoms with Crippen LogP contribution in [0.4, 0.5) is 0 Å². The Labute approximate surface area is 92.2 Å². The monoisotopic (exact) mass is 216 g/mol. The molecule has 1 amide bonds. The molecular formula is C11H24N2O2. The maximum absolute atomic E-state index is 11.4. The molecule has 4 N–H and O–H groups in total. The van der Waals surface area contributed by atoms with Crippen LogP contribution in [0.15, 0.2) is 0 Å². The number of unbranched alkanes of at least 4 members (excludes halogenated alkanes) is 2. The van der Waals surface area contributed by atoms with Gasteiger partial charge < -0.3 is 16.2 Å². The fourth-order valence-corrected chi connectivity index (χ4v) is 1.29. The lowest BCUT2D eigenvalue weighted by molar-refractivity contribution is -0.130. The third-order valence-electron chi connectivity index (χ3n) is 2.39. The summed E-state index contributed by atoms with van der Waals surface area (Å²) in [5.41, 5.74) is 5.70. The Morgan fingerprint density at radius 1 is 1.33 bits per heavy atom. The van der Waals surface area contributed by atoms with Crippen molar-refractivity contribution >= 4 is 5.91 Å². The van der Waals surface area contributed by atoms with E-state index in [0.717, 1.165) is 25.7 Å². The van der Waals surface area contributed by atoms with Crippen molar-refractivity contribution in [3.05, 3.63) is 0 Å². The van der Waals surface area contributed by atoms with E-state index in [1.165, 1.54) is 0 Å². The number of amides is 1. The van der Waals surface area contributed by atoms with Crippen LogP contribution in [0.3, 0.4) is 0 Å². The highest BCUT2D eigenvalue weighted by molar-refractivity contribution is 5.81. The highest BCUT2D eigenvalue weighted by Gasteiger charge is 2.21. The van der Waals surface area contributed by atoms with Gasteiger partial charge in [0.2, 0.25) is 5.91 Å². The quantitative estimate of drug-likeness (QED) is 0.525. The average Bonchev–Trinajstić information content (AvgIpc) is 2.24. The van der Waals surface area contributed by atoms with Crippen molar-refractivity contribution in [1.82, 2.24) is 5.32 Å². The first-order chi connectivity index (χ1) is 7.13. The lowest BCUT2D eigenvalue weighted by Gasteiger charge is -2.17. The average molecular weight is 216 g/mol. The summed E-state index contributed by atoms with van der Waals surface area (Å²) in [6.07, 6.45) is 3.56. The zero-order chi connectivity index (χ0) is 11.7. The molecule has 0 heterocycles. The second-order valence-corrected chi connectivity index (χ2v) is 3.90. The topological polar surface area (TPSA) is 75.3 Å². The number of nitrogens with one attached hydrogen (secondary N) is 1. The van der Waals surface area contributed by atoms with Crippen LogP contribution in [0.2, 0.25) is 0 Å². The van der Waals surface area contributed by atoms with E-state index in [2.05, 4.69) is 19.2 Å². The number of aliphatic hydroxyl groups excluding tert-OH is 1. The van der Waals surface area contributed by atoms with Gasteiger partial charge in [-0.2, -0.15) is 0 Å². The zero-order valence-electron chi connectivity index (χ0n) is 9.83.